The lowest BCUT2D eigenvalue weighted by molar-refractivity contribution is 0.102. The van der Waals surface area contributed by atoms with Crippen molar-refractivity contribution in [2.24, 2.45) is 5.92 Å². The van der Waals surface area contributed by atoms with Crippen LogP contribution in [0.25, 0.3) is 10.9 Å². The second-order valence-corrected chi connectivity index (χ2v) is 6.27. The van der Waals surface area contributed by atoms with Crippen LogP contribution in [0.15, 0.2) is 54.6 Å². The highest BCUT2D eigenvalue weighted by molar-refractivity contribution is 6.06. The topological polar surface area (TPSA) is 77.2 Å². The highest BCUT2D eigenvalue weighted by Crippen LogP contribution is 2.29. The van der Waals surface area contributed by atoms with Crippen molar-refractivity contribution in [3.05, 3.63) is 60.3 Å². The molecule has 0 aliphatic heterocycles. The number of carbonyl (C=O) groups is 1. The number of nitrogens with two attached hydrogens (primary N) is 1. The predicted molar refractivity (Wildman–Crippen MR) is 101 cm³/mol. The fourth-order valence-corrected chi connectivity index (χ4v) is 2.45. The number of nitrogens with zero attached hydrogens (tertiary/aromatic N) is 1. The Kier molecular flexibility index (Phi) is 4.84. The molecule has 0 unspecified atom stereocenters. The Morgan fingerprint density at radius 3 is 2.64 bits per heavy atom. The van der Waals surface area contributed by atoms with Gasteiger partial charge in [0.2, 0.25) is 0 Å². The van der Waals surface area contributed by atoms with Gasteiger partial charge in [0.05, 0.1) is 17.8 Å². The minimum absolute atomic E-state index is 0.271. The predicted octanol–water partition coefficient (Wildman–Crippen LogP) is 4.10. The number of anilines is 2. The van der Waals surface area contributed by atoms with Gasteiger partial charge in [-0.15, -0.1) is 0 Å². The van der Waals surface area contributed by atoms with Gasteiger partial charge in [-0.2, -0.15) is 0 Å². The van der Waals surface area contributed by atoms with Crippen LogP contribution in [0.1, 0.15) is 24.3 Å². The van der Waals surface area contributed by atoms with E-state index in [1.54, 1.807) is 12.1 Å². The smallest absolute Gasteiger partial charge is 0.274 e. The fourth-order valence-electron chi connectivity index (χ4n) is 2.45. The molecule has 3 aromatic rings. The summed E-state index contributed by atoms with van der Waals surface area (Å²) in [5.74, 6) is 0.681. The number of nitrogens with one attached hydrogen (secondary N) is 1. The minimum Gasteiger partial charge on any atom is -0.493 e. The number of nitrogen functional groups attached to an aromatic ring is 1. The number of carbonyl (C=O) groups excluding carboxylic acids is 1. The molecular weight excluding hydrogens is 314 g/mol. The molecule has 0 atom stereocenters. The van der Waals surface area contributed by atoms with Crippen LogP contribution in [-0.4, -0.2) is 17.5 Å². The molecule has 0 saturated heterocycles. The molecule has 0 saturated carbocycles. The number of hydrogen-bond donors (Lipinski definition) is 2. The zero-order valence-electron chi connectivity index (χ0n) is 14.3. The zero-order valence-corrected chi connectivity index (χ0v) is 14.3. The Bertz CT molecular complexity index is 892. The summed E-state index contributed by atoms with van der Waals surface area (Å²) < 4.78 is 5.90. The maximum Gasteiger partial charge on any atom is 0.274 e. The van der Waals surface area contributed by atoms with Crippen LogP contribution in [0.4, 0.5) is 11.4 Å². The largest absolute Gasteiger partial charge is 0.493 e. The number of hydrogen-bond acceptors (Lipinski definition) is 4. The molecule has 0 fully saturated rings. The van der Waals surface area contributed by atoms with Crippen LogP contribution in [0.5, 0.6) is 5.75 Å². The lowest BCUT2D eigenvalue weighted by Gasteiger charge is -2.14. The molecule has 3 N–H and O–H groups in total. The second kappa shape index (κ2) is 7.21. The lowest BCUT2D eigenvalue weighted by Crippen LogP contribution is -2.15. The first-order valence-corrected chi connectivity index (χ1v) is 8.23. The summed E-state index contributed by atoms with van der Waals surface area (Å²) >= 11 is 0. The summed E-state index contributed by atoms with van der Waals surface area (Å²) in [5, 5.41) is 3.64. The summed E-state index contributed by atoms with van der Waals surface area (Å²) in [5.41, 5.74) is 8.12. The Morgan fingerprint density at radius 1 is 1.16 bits per heavy atom. The van der Waals surface area contributed by atoms with Gasteiger partial charge >= 0.3 is 0 Å². The number of aromatic nitrogens is 1. The molecule has 0 aliphatic rings. The van der Waals surface area contributed by atoms with E-state index in [1.165, 1.54) is 0 Å². The van der Waals surface area contributed by atoms with E-state index in [1.807, 2.05) is 42.5 Å². The Hall–Kier alpha value is -3.08. The van der Waals surface area contributed by atoms with Crippen molar-refractivity contribution in [3.63, 3.8) is 0 Å². The van der Waals surface area contributed by atoms with Gasteiger partial charge in [0, 0.05) is 17.1 Å². The quantitative estimate of drug-likeness (QED) is 0.688. The Morgan fingerprint density at radius 2 is 1.92 bits per heavy atom. The maximum atomic E-state index is 12.6. The summed E-state index contributed by atoms with van der Waals surface area (Å²) in [6.45, 7) is 4.69. The van der Waals surface area contributed by atoms with E-state index >= 15 is 0 Å². The zero-order chi connectivity index (χ0) is 17.8. The van der Waals surface area contributed by atoms with Gasteiger partial charge in [-0.3, -0.25) is 4.79 Å². The van der Waals surface area contributed by atoms with Crippen molar-refractivity contribution >= 4 is 28.2 Å². The highest BCUT2D eigenvalue weighted by atomic mass is 16.5. The van der Waals surface area contributed by atoms with Crippen LogP contribution in [0.2, 0.25) is 0 Å². The van der Waals surface area contributed by atoms with E-state index in [0.29, 0.717) is 35.2 Å². The number of para-hydroxylation sites is 2. The third kappa shape index (κ3) is 3.88. The van der Waals surface area contributed by atoms with Gasteiger partial charge in [-0.05, 0) is 30.2 Å². The molecule has 5 nitrogen and oxygen atoms in total. The molecule has 0 radical (unpaired) electrons. The molecule has 25 heavy (non-hydrogen) atoms. The first kappa shape index (κ1) is 16.8. The van der Waals surface area contributed by atoms with Crippen LogP contribution in [-0.2, 0) is 0 Å². The first-order chi connectivity index (χ1) is 12.0. The number of rotatable bonds is 5. The van der Waals surface area contributed by atoms with Crippen molar-refractivity contribution in [2.45, 2.75) is 13.8 Å². The SMILES string of the molecule is CC(C)COc1cc(C(=O)Nc2ccccc2)nc2c(N)cccc12. The third-order valence-corrected chi connectivity index (χ3v) is 3.67. The maximum absolute atomic E-state index is 12.6. The summed E-state index contributed by atoms with van der Waals surface area (Å²) in [7, 11) is 0. The van der Waals surface area contributed by atoms with Crippen LogP contribution in [0.3, 0.4) is 0 Å². The van der Waals surface area contributed by atoms with Crippen molar-refractivity contribution in [1.29, 1.82) is 0 Å². The molecule has 1 amide bonds. The highest BCUT2D eigenvalue weighted by Gasteiger charge is 2.15. The van der Waals surface area contributed by atoms with Crippen molar-refractivity contribution in [1.82, 2.24) is 4.98 Å². The van der Waals surface area contributed by atoms with Crippen LogP contribution < -0.4 is 15.8 Å². The molecule has 0 spiro atoms. The number of ether oxygens (including phenoxy) is 1. The van der Waals surface area contributed by atoms with Gasteiger partial charge in [-0.1, -0.05) is 38.1 Å². The molecular formula is C20H21N3O2. The van der Waals surface area contributed by atoms with Gasteiger partial charge in [0.15, 0.2) is 0 Å². The van der Waals surface area contributed by atoms with E-state index in [4.69, 9.17) is 10.5 Å². The molecule has 1 heterocycles. The number of fused-ring (bicyclic) bond motifs is 1. The molecule has 1 aromatic heterocycles. The third-order valence-electron chi connectivity index (χ3n) is 3.67. The fraction of sp³-hybridized carbons (Fsp3) is 0.200. The van der Waals surface area contributed by atoms with Gasteiger partial charge < -0.3 is 15.8 Å². The molecule has 0 bridgehead atoms. The van der Waals surface area contributed by atoms with Crippen molar-refractivity contribution < 1.29 is 9.53 Å². The minimum atomic E-state index is -0.300. The summed E-state index contributed by atoms with van der Waals surface area (Å²) in [6.07, 6.45) is 0. The van der Waals surface area contributed by atoms with Gasteiger partial charge in [0.25, 0.3) is 5.91 Å². The second-order valence-electron chi connectivity index (χ2n) is 6.27. The van der Waals surface area contributed by atoms with Crippen LogP contribution >= 0.6 is 0 Å². The monoisotopic (exact) mass is 335 g/mol. The normalized spacial score (nSPS) is 10.8. The first-order valence-electron chi connectivity index (χ1n) is 8.23. The standard InChI is InChI=1S/C20H21N3O2/c1-13(2)12-25-18-11-17(20(24)22-14-7-4-3-5-8-14)23-19-15(18)9-6-10-16(19)21/h3-11,13H,12,21H2,1-2H3,(H,22,24). The van der Waals surface area contributed by atoms with E-state index in [9.17, 15) is 4.79 Å². The van der Waals surface area contributed by atoms with E-state index in [-0.39, 0.29) is 11.6 Å². The molecule has 5 heteroatoms. The van der Waals surface area contributed by atoms with Crippen LogP contribution in [0, 0.1) is 5.92 Å². The number of pyridine rings is 1. The van der Waals surface area contributed by atoms with E-state index in [2.05, 4.69) is 24.1 Å². The summed E-state index contributed by atoms with van der Waals surface area (Å²) in [6, 6.07) is 16.4. The summed E-state index contributed by atoms with van der Waals surface area (Å²) in [4.78, 5) is 17.0. The Balaban J connectivity index is 2.00. The van der Waals surface area contributed by atoms with E-state index < -0.39 is 0 Å². The lowest BCUT2D eigenvalue weighted by atomic mass is 10.1. The van der Waals surface area contributed by atoms with Crippen molar-refractivity contribution in [3.8, 4) is 5.75 Å². The average molecular weight is 335 g/mol. The number of benzene rings is 2. The van der Waals surface area contributed by atoms with Crippen molar-refractivity contribution in [2.75, 3.05) is 17.7 Å². The van der Waals surface area contributed by atoms with Gasteiger partial charge in [0.1, 0.15) is 11.4 Å². The molecule has 0 aliphatic carbocycles. The van der Waals surface area contributed by atoms with E-state index in [0.717, 1.165) is 5.39 Å². The number of amides is 1. The van der Waals surface area contributed by atoms with Gasteiger partial charge in [-0.25, -0.2) is 4.98 Å². The Labute approximate surface area is 146 Å². The molecule has 128 valence electrons. The molecule has 2 aromatic carbocycles. The average Bonchev–Trinajstić information content (AvgIpc) is 2.61. The molecule has 3 rings (SSSR count).